The number of nitrogens with one attached hydrogen (secondary N) is 2. The van der Waals surface area contributed by atoms with E-state index in [9.17, 15) is 4.79 Å². The molecule has 0 aliphatic carbocycles. The van der Waals surface area contributed by atoms with Crippen LogP contribution in [-0.4, -0.2) is 27.0 Å². The summed E-state index contributed by atoms with van der Waals surface area (Å²) in [7, 11) is 0. The number of aromatic nitrogens is 3. The van der Waals surface area contributed by atoms with Crippen LogP contribution in [0.2, 0.25) is 0 Å². The lowest BCUT2D eigenvalue weighted by Gasteiger charge is -2.03. The van der Waals surface area contributed by atoms with E-state index in [-0.39, 0.29) is 5.91 Å². The van der Waals surface area contributed by atoms with Crippen molar-refractivity contribution in [2.45, 2.75) is 26.1 Å². The van der Waals surface area contributed by atoms with Gasteiger partial charge in [0.1, 0.15) is 5.76 Å². The zero-order valence-electron chi connectivity index (χ0n) is 10.9. The predicted molar refractivity (Wildman–Crippen MR) is 72.6 cm³/mol. The molecule has 0 spiro atoms. The van der Waals surface area contributed by atoms with Crippen LogP contribution in [0.4, 0.5) is 0 Å². The second kappa shape index (κ2) is 6.42. The average molecular weight is 280 g/mol. The maximum atomic E-state index is 11.6. The fraction of sp³-hybridized carbons (Fsp3) is 0.417. The average Bonchev–Trinajstić information content (AvgIpc) is 3.00. The summed E-state index contributed by atoms with van der Waals surface area (Å²) in [5, 5.41) is 13.3. The molecule has 6 nitrogen and oxygen atoms in total. The minimum Gasteiger partial charge on any atom is -0.361 e. The third-order valence-electron chi connectivity index (χ3n) is 2.70. The largest absolute Gasteiger partial charge is 0.361 e. The van der Waals surface area contributed by atoms with Gasteiger partial charge < -0.3 is 9.84 Å². The number of H-pyrrole nitrogens is 1. The third kappa shape index (κ3) is 3.85. The highest BCUT2D eigenvalue weighted by Gasteiger charge is 2.10. The molecule has 102 valence electrons. The van der Waals surface area contributed by atoms with Crippen molar-refractivity contribution in [1.82, 2.24) is 20.7 Å². The standard InChI is InChI=1S/C12H16N4O2S/c1-8-11(9(2)18-16-8)6-19-7-12(17)13-5-10-3-4-14-15-10/h3-4H,5-7H2,1-2H3,(H,13,17)(H,14,15). The quantitative estimate of drug-likeness (QED) is 0.839. The number of rotatable bonds is 6. The minimum absolute atomic E-state index is 0.00589. The number of thioether (sulfide) groups is 1. The Labute approximate surface area is 115 Å². The van der Waals surface area contributed by atoms with Crippen LogP contribution in [0.1, 0.15) is 22.7 Å². The summed E-state index contributed by atoms with van der Waals surface area (Å²) < 4.78 is 5.07. The molecule has 0 saturated carbocycles. The molecule has 0 aromatic carbocycles. The van der Waals surface area contributed by atoms with E-state index in [4.69, 9.17) is 4.52 Å². The maximum absolute atomic E-state index is 11.6. The first-order valence-electron chi connectivity index (χ1n) is 5.91. The van der Waals surface area contributed by atoms with Crippen LogP contribution in [0, 0.1) is 13.8 Å². The molecular formula is C12H16N4O2S. The number of aromatic amines is 1. The molecule has 2 rings (SSSR count). The highest BCUT2D eigenvalue weighted by Crippen LogP contribution is 2.19. The topological polar surface area (TPSA) is 83.8 Å². The molecular weight excluding hydrogens is 264 g/mol. The van der Waals surface area contributed by atoms with Crippen molar-refractivity contribution in [1.29, 1.82) is 0 Å². The first kappa shape index (κ1) is 13.7. The van der Waals surface area contributed by atoms with Crippen LogP contribution in [0.5, 0.6) is 0 Å². The Kier molecular flexibility index (Phi) is 4.62. The molecule has 2 N–H and O–H groups in total. The molecule has 2 aromatic rings. The van der Waals surface area contributed by atoms with Crippen molar-refractivity contribution in [3.63, 3.8) is 0 Å². The summed E-state index contributed by atoms with van der Waals surface area (Å²) >= 11 is 1.55. The zero-order chi connectivity index (χ0) is 13.7. The van der Waals surface area contributed by atoms with Crippen LogP contribution < -0.4 is 5.32 Å². The molecule has 0 bridgehead atoms. The normalized spacial score (nSPS) is 10.6. The summed E-state index contributed by atoms with van der Waals surface area (Å²) in [6.45, 7) is 4.27. The van der Waals surface area contributed by atoms with Crippen molar-refractivity contribution in [2.75, 3.05) is 5.75 Å². The van der Waals surface area contributed by atoms with E-state index in [1.807, 2.05) is 19.9 Å². The highest BCUT2D eigenvalue weighted by molar-refractivity contribution is 7.99. The van der Waals surface area contributed by atoms with Gasteiger partial charge in [0.2, 0.25) is 5.91 Å². The lowest BCUT2D eigenvalue weighted by molar-refractivity contribution is -0.118. The number of amides is 1. The molecule has 1 amide bonds. The summed E-state index contributed by atoms with van der Waals surface area (Å²) in [4.78, 5) is 11.6. The smallest absolute Gasteiger partial charge is 0.230 e. The van der Waals surface area contributed by atoms with E-state index in [1.165, 1.54) is 0 Å². The summed E-state index contributed by atoms with van der Waals surface area (Å²) in [5.41, 5.74) is 2.86. The second-order valence-corrected chi connectivity index (χ2v) is 5.14. The Bertz CT molecular complexity index is 516. The lowest BCUT2D eigenvalue weighted by atomic mass is 10.2. The van der Waals surface area contributed by atoms with Gasteiger partial charge >= 0.3 is 0 Å². The molecule has 19 heavy (non-hydrogen) atoms. The maximum Gasteiger partial charge on any atom is 0.230 e. The van der Waals surface area contributed by atoms with Crippen LogP contribution in [0.3, 0.4) is 0 Å². The van der Waals surface area contributed by atoms with Crippen LogP contribution >= 0.6 is 11.8 Å². The van der Waals surface area contributed by atoms with Gasteiger partial charge in [-0.2, -0.15) is 5.10 Å². The number of aryl methyl sites for hydroxylation is 2. The van der Waals surface area contributed by atoms with Gasteiger partial charge in [0, 0.05) is 17.5 Å². The van der Waals surface area contributed by atoms with Crippen molar-refractivity contribution < 1.29 is 9.32 Å². The molecule has 0 unspecified atom stereocenters. The van der Waals surface area contributed by atoms with Crippen LogP contribution in [-0.2, 0) is 17.1 Å². The Morgan fingerprint density at radius 1 is 1.53 bits per heavy atom. The Balaban J connectivity index is 1.69. The van der Waals surface area contributed by atoms with E-state index in [0.29, 0.717) is 12.3 Å². The van der Waals surface area contributed by atoms with Crippen molar-refractivity contribution in [2.24, 2.45) is 0 Å². The van der Waals surface area contributed by atoms with E-state index in [0.717, 1.165) is 28.5 Å². The van der Waals surface area contributed by atoms with E-state index < -0.39 is 0 Å². The zero-order valence-corrected chi connectivity index (χ0v) is 11.7. The molecule has 0 aliphatic heterocycles. The molecule has 2 aromatic heterocycles. The Morgan fingerprint density at radius 3 is 3.00 bits per heavy atom. The molecule has 2 heterocycles. The number of carbonyl (C=O) groups excluding carboxylic acids is 1. The minimum atomic E-state index is 0.00589. The van der Waals surface area contributed by atoms with Crippen molar-refractivity contribution >= 4 is 17.7 Å². The van der Waals surface area contributed by atoms with Crippen molar-refractivity contribution in [3.8, 4) is 0 Å². The van der Waals surface area contributed by atoms with E-state index in [1.54, 1.807) is 18.0 Å². The lowest BCUT2D eigenvalue weighted by Crippen LogP contribution is -2.24. The first-order chi connectivity index (χ1) is 9.16. The fourth-order valence-electron chi connectivity index (χ4n) is 1.58. The number of carbonyl (C=O) groups is 1. The molecule has 0 saturated heterocycles. The van der Waals surface area contributed by atoms with E-state index in [2.05, 4.69) is 20.7 Å². The summed E-state index contributed by atoms with van der Waals surface area (Å²) in [6.07, 6.45) is 1.66. The van der Waals surface area contributed by atoms with Gasteiger partial charge in [0.05, 0.1) is 23.7 Å². The fourth-order valence-corrected chi connectivity index (χ4v) is 2.59. The highest BCUT2D eigenvalue weighted by atomic mass is 32.2. The predicted octanol–water partition coefficient (Wildman–Crippen LogP) is 1.56. The van der Waals surface area contributed by atoms with Gasteiger partial charge in [-0.25, -0.2) is 0 Å². The van der Waals surface area contributed by atoms with Crippen LogP contribution in [0.25, 0.3) is 0 Å². The summed E-state index contributed by atoms with van der Waals surface area (Å²) in [5.74, 6) is 1.98. The number of hydrogen-bond acceptors (Lipinski definition) is 5. The van der Waals surface area contributed by atoms with Gasteiger partial charge in [0.25, 0.3) is 0 Å². The molecule has 0 fully saturated rings. The van der Waals surface area contributed by atoms with E-state index >= 15 is 0 Å². The second-order valence-electron chi connectivity index (χ2n) is 4.15. The number of nitrogens with zero attached hydrogens (tertiary/aromatic N) is 2. The first-order valence-corrected chi connectivity index (χ1v) is 7.06. The third-order valence-corrected chi connectivity index (χ3v) is 3.65. The monoisotopic (exact) mass is 280 g/mol. The molecule has 0 radical (unpaired) electrons. The number of hydrogen-bond donors (Lipinski definition) is 2. The van der Waals surface area contributed by atoms with Gasteiger partial charge in [0.15, 0.2) is 0 Å². The summed E-state index contributed by atoms with van der Waals surface area (Å²) in [6, 6.07) is 1.83. The van der Waals surface area contributed by atoms with Crippen LogP contribution in [0.15, 0.2) is 16.8 Å². The van der Waals surface area contributed by atoms with Gasteiger partial charge in [-0.15, -0.1) is 11.8 Å². The van der Waals surface area contributed by atoms with Gasteiger partial charge in [-0.3, -0.25) is 9.89 Å². The van der Waals surface area contributed by atoms with Gasteiger partial charge in [-0.1, -0.05) is 5.16 Å². The SMILES string of the molecule is Cc1noc(C)c1CSCC(=O)NCc1ccn[nH]1. The molecule has 7 heteroatoms. The molecule has 0 aliphatic rings. The Hall–Kier alpha value is -1.76. The van der Waals surface area contributed by atoms with Crippen molar-refractivity contribution in [3.05, 3.63) is 35.0 Å². The Morgan fingerprint density at radius 2 is 2.37 bits per heavy atom. The molecule has 0 atom stereocenters. The van der Waals surface area contributed by atoms with Gasteiger partial charge in [-0.05, 0) is 19.9 Å².